The lowest BCUT2D eigenvalue weighted by Crippen LogP contribution is -2.32. The molecule has 2 amide bonds. The summed E-state index contributed by atoms with van der Waals surface area (Å²) in [6.45, 7) is 1.97. The Kier molecular flexibility index (Phi) is 9.55. The van der Waals surface area contributed by atoms with Crippen LogP contribution in [0.5, 0.6) is 11.5 Å². The van der Waals surface area contributed by atoms with Gasteiger partial charge >= 0.3 is 6.16 Å². The van der Waals surface area contributed by atoms with Crippen LogP contribution in [0.15, 0.2) is 70.5 Å². The molecule has 1 saturated heterocycles. The number of benzene rings is 2. The van der Waals surface area contributed by atoms with Gasteiger partial charge in [0.25, 0.3) is 11.8 Å². The van der Waals surface area contributed by atoms with E-state index < -0.39 is 18.0 Å². The molecule has 0 atom stereocenters. The zero-order valence-electron chi connectivity index (χ0n) is 23.7. The Morgan fingerprint density at radius 1 is 0.744 bits per heavy atom. The smallest absolute Gasteiger partial charge is 0.497 e. The largest absolute Gasteiger partial charge is 0.534 e. The summed E-state index contributed by atoms with van der Waals surface area (Å²) in [7, 11) is 3.07. The maximum Gasteiger partial charge on any atom is 0.534 e. The van der Waals surface area contributed by atoms with Crippen molar-refractivity contribution in [2.24, 2.45) is 0 Å². The number of nitrogens with zero attached hydrogens (tertiary/aromatic N) is 3. The van der Waals surface area contributed by atoms with Gasteiger partial charge in [0.2, 0.25) is 0 Å². The Hall–Kier alpha value is -5.46. The zero-order chi connectivity index (χ0) is 31.1. The van der Waals surface area contributed by atoms with Crippen LogP contribution in [0.1, 0.15) is 19.8 Å². The normalized spacial score (nSPS) is 12.6. The number of imide groups is 1. The summed E-state index contributed by atoms with van der Waals surface area (Å²) >= 11 is 0. The second kappa shape index (κ2) is 13.5. The molecule has 224 valence electrons. The van der Waals surface area contributed by atoms with Crippen LogP contribution >= 0.6 is 0 Å². The predicted octanol–water partition coefficient (Wildman–Crippen LogP) is 2.83. The number of amides is 2. The summed E-state index contributed by atoms with van der Waals surface area (Å²) in [6, 6.07) is 13.2. The fraction of sp³-hybridized carbons (Fsp3) is 0.267. The van der Waals surface area contributed by atoms with E-state index in [-0.39, 0.29) is 49.2 Å². The molecule has 2 aromatic carbocycles. The SMILES string of the molecule is COc1ccc2c(c1)c(=O)ccn2CC(C)=O.COc1ccc2c(c1)c(=O)ccn2CCOC(=O)ON1C(=O)CCC1=O. The molecule has 1 aliphatic rings. The molecular weight excluding hydrogens is 562 g/mol. The Morgan fingerprint density at radius 2 is 1.26 bits per heavy atom. The van der Waals surface area contributed by atoms with Crippen LogP contribution in [-0.4, -0.2) is 58.8 Å². The van der Waals surface area contributed by atoms with Crippen molar-refractivity contribution in [3.05, 3.63) is 81.4 Å². The maximum atomic E-state index is 12.0. The number of carbonyl (C=O) groups excluding carboxylic acids is 4. The number of hydroxylamine groups is 2. The molecule has 4 aromatic rings. The van der Waals surface area contributed by atoms with Crippen LogP contribution in [0.3, 0.4) is 0 Å². The van der Waals surface area contributed by atoms with Crippen LogP contribution in [0.25, 0.3) is 21.8 Å². The van der Waals surface area contributed by atoms with Crippen LogP contribution < -0.4 is 20.3 Å². The highest BCUT2D eigenvalue weighted by Gasteiger charge is 2.33. The lowest BCUT2D eigenvalue weighted by Gasteiger charge is -2.14. The maximum absolute atomic E-state index is 12.0. The fourth-order valence-electron chi connectivity index (χ4n) is 4.39. The van der Waals surface area contributed by atoms with Gasteiger partial charge in [0.05, 0.1) is 38.3 Å². The number of aromatic nitrogens is 2. The molecule has 0 spiro atoms. The Morgan fingerprint density at radius 3 is 1.77 bits per heavy atom. The van der Waals surface area contributed by atoms with E-state index in [1.54, 1.807) is 65.0 Å². The third kappa shape index (κ3) is 7.25. The molecule has 0 N–H and O–H groups in total. The number of rotatable bonds is 8. The molecule has 13 heteroatoms. The number of Topliss-reactive ketones (excluding diaryl/α,β-unsaturated/α-hetero) is 1. The number of pyridine rings is 2. The van der Waals surface area contributed by atoms with Gasteiger partial charge in [-0.05, 0) is 43.3 Å². The van der Waals surface area contributed by atoms with Crippen molar-refractivity contribution >= 4 is 45.6 Å². The first-order valence-electron chi connectivity index (χ1n) is 13.2. The number of fused-ring (bicyclic) bond motifs is 2. The Bertz CT molecular complexity index is 1810. The highest BCUT2D eigenvalue weighted by Crippen LogP contribution is 2.19. The van der Waals surface area contributed by atoms with E-state index in [0.29, 0.717) is 32.9 Å². The van der Waals surface area contributed by atoms with Crippen LogP contribution in [0.4, 0.5) is 4.79 Å². The number of ether oxygens (including phenoxy) is 3. The van der Waals surface area contributed by atoms with E-state index in [9.17, 15) is 28.8 Å². The fourth-order valence-corrected chi connectivity index (χ4v) is 4.39. The molecule has 2 aromatic heterocycles. The molecule has 5 rings (SSSR count). The monoisotopic (exact) mass is 591 g/mol. The highest BCUT2D eigenvalue weighted by molar-refractivity contribution is 6.01. The average Bonchev–Trinajstić information content (AvgIpc) is 3.31. The minimum absolute atomic E-state index is 0.0129. The topological polar surface area (TPSA) is 152 Å². The molecule has 1 fully saturated rings. The van der Waals surface area contributed by atoms with E-state index in [4.69, 9.17) is 14.2 Å². The van der Waals surface area contributed by atoms with Crippen LogP contribution in [0, 0.1) is 0 Å². The summed E-state index contributed by atoms with van der Waals surface area (Å²) in [5.74, 6) is 0.0904. The summed E-state index contributed by atoms with van der Waals surface area (Å²) in [5.41, 5.74) is 1.17. The molecule has 0 radical (unpaired) electrons. The standard InChI is InChI=1S/C17H16N2O7.C13H13NO3/c1-24-11-2-3-13-12(10-11)14(20)6-7-18(13)8-9-25-17(23)26-19-15(21)4-5-16(19)22;1-9(15)8-14-6-5-13(16)11-7-10(17-2)3-4-12(11)14/h2-3,6-7,10H,4-5,8-9H2,1H3;3-7H,8H2,1-2H3. The van der Waals surface area contributed by atoms with Gasteiger partial charge in [-0.3, -0.25) is 28.8 Å². The Labute approximate surface area is 244 Å². The second-order valence-electron chi connectivity index (χ2n) is 9.42. The zero-order valence-corrected chi connectivity index (χ0v) is 23.7. The van der Waals surface area contributed by atoms with E-state index in [2.05, 4.69) is 4.84 Å². The summed E-state index contributed by atoms with van der Waals surface area (Å²) in [6.07, 6.45) is 2.11. The third-order valence-electron chi connectivity index (χ3n) is 6.49. The van der Waals surface area contributed by atoms with Gasteiger partial charge in [-0.2, -0.15) is 0 Å². The van der Waals surface area contributed by atoms with Crippen molar-refractivity contribution in [3.8, 4) is 11.5 Å². The first kappa shape index (κ1) is 30.5. The molecule has 0 saturated carbocycles. The van der Waals surface area contributed by atoms with Gasteiger partial charge in [-0.15, -0.1) is 0 Å². The van der Waals surface area contributed by atoms with E-state index in [1.807, 2.05) is 0 Å². The number of carbonyl (C=O) groups is 4. The highest BCUT2D eigenvalue weighted by atomic mass is 16.8. The molecule has 3 heterocycles. The summed E-state index contributed by atoms with van der Waals surface area (Å²) in [5, 5.41) is 1.46. The van der Waals surface area contributed by atoms with Gasteiger partial charge in [-0.1, -0.05) is 5.06 Å². The molecule has 1 aliphatic heterocycles. The quantitative estimate of drug-likeness (QED) is 0.221. The summed E-state index contributed by atoms with van der Waals surface area (Å²) < 4.78 is 18.6. The number of methoxy groups -OCH3 is 2. The second-order valence-corrected chi connectivity index (χ2v) is 9.42. The molecule has 13 nitrogen and oxygen atoms in total. The Balaban J connectivity index is 0.000000215. The first-order chi connectivity index (χ1) is 20.6. The third-order valence-corrected chi connectivity index (χ3v) is 6.49. The number of hydrogen-bond acceptors (Lipinski definition) is 10. The van der Waals surface area contributed by atoms with E-state index >= 15 is 0 Å². The van der Waals surface area contributed by atoms with E-state index in [0.717, 1.165) is 5.52 Å². The van der Waals surface area contributed by atoms with Crippen molar-refractivity contribution in [2.75, 3.05) is 20.8 Å². The van der Waals surface area contributed by atoms with Crippen molar-refractivity contribution in [3.63, 3.8) is 0 Å². The van der Waals surface area contributed by atoms with Gasteiger partial charge < -0.3 is 23.3 Å². The molecule has 0 unspecified atom stereocenters. The molecule has 0 bridgehead atoms. The number of hydrogen-bond donors (Lipinski definition) is 0. The van der Waals surface area contributed by atoms with Gasteiger partial charge in [0, 0.05) is 48.1 Å². The van der Waals surface area contributed by atoms with Gasteiger partial charge in [-0.25, -0.2) is 4.79 Å². The molecular formula is C30H29N3O10. The van der Waals surface area contributed by atoms with Crippen LogP contribution in [0.2, 0.25) is 0 Å². The van der Waals surface area contributed by atoms with Crippen molar-refractivity contribution in [1.29, 1.82) is 0 Å². The van der Waals surface area contributed by atoms with Gasteiger partial charge in [0.15, 0.2) is 10.9 Å². The minimum atomic E-state index is -1.14. The minimum Gasteiger partial charge on any atom is -0.497 e. The van der Waals surface area contributed by atoms with Crippen LogP contribution in [-0.2, 0) is 37.0 Å². The lowest BCUT2D eigenvalue weighted by atomic mass is 10.2. The van der Waals surface area contributed by atoms with Gasteiger partial charge in [0.1, 0.15) is 23.9 Å². The molecule has 43 heavy (non-hydrogen) atoms. The van der Waals surface area contributed by atoms with Crippen molar-refractivity contribution in [2.45, 2.75) is 32.9 Å². The lowest BCUT2D eigenvalue weighted by molar-refractivity contribution is -0.177. The predicted molar refractivity (Wildman–Crippen MR) is 154 cm³/mol. The first-order valence-corrected chi connectivity index (χ1v) is 13.2. The summed E-state index contributed by atoms with van der Waals surface area (Å²) in [4.78, 5) is 73.8. The van der Waals surface area contributed by atoms with E-state index in [1.165, 1.54) is 26.2 Å². The van der Waals surface area contributed by atoms with Crippen molar-refractivity contribution in [1.82, 2.24) is 14.2 Å². The molecule has 0 aliphatic carbocycles. The van der Waals surface area contributed by atoms with Crippen molar-refractivity contribution < 1.29 is 38.2 Å². The average molecular weight is 592 g/mol. The number of ketones is 1.